The van der Waals surface area contributed by atoms with E-state index in [0.717, 1.165) is 56.1 Å². The Morgan fingerprint density at radius 3 is 2.64 bits per heavy atom. The van der Waals surface area contributed by atoms with Crippen LogP contribution in [0.2, 0.25) is 0 Å². The predicted octanol–water partition coefficient (Wildman–Crippen LogP) is 1.52. The molecule has 5 nitrogen and oxygen atoms in total. The van der Waals surface area contributed by atoms with Crippen molar-refractivity contribution in [2.45, 2.75) is 20.3 Å². The van der Waals surface area contributed by atoms with E-state index in [1.54, 1.807) is 0 Å². The number of amides is 1. The van der Waals surface area contributed by atoms with Crippen molar-refractivity contribution >= 4 is 5.91 Å². The fourth-order valence-electron chi connectivity index (χ4n) is 2.57. The van der Waals surface area contributed by atoms with Crippen molar-refractivity contribution in [2.24, 2.45) is 0 Å². The minimum Gasteiger partial charge on any atom is -0.483 e. The zero-order valence-electron chi connectivity index (χ0n) is 13.6. The van der Waals surface area contributed by atoms with Gasteiger partial charge in [0.25, 0.3) is 5.91 Å². The number of aryl methyl sites for hydroxylation is 2. The molecule has 1 aliphatic heterocycles. The highest BCUT2D eigenvalue weighted by atomic mass is 16.5. The molecule has 1 N–H and O–H groups in total. The lowest BCUT2D eigenvalue weighted by atomic mass is 10.1. The van der Waals surface area contributed by atoms with Crippen LogP contribution < -0.4 is 10.1 Å². The number of benzene rings is 1. The first-order valence-corrected chi connectivity index (χ1v) is 7.92. The molecular weight excluding hydrogens is 280 g/mol. The third kappa shape index (κ3) is 5.31. The second kappa shape index (κ2) is 8.76. The molecule has 0 atom stereocenters. The number of hydrogen-bond acceptors (Lipinski definition) is 4. The maximum absolute atomic E-state index is 11.8. The van der Waals surface area contributed by atoms with Crippen LogP contribution in [0.1, 0.15) is 17.5 Å². The van der Waals surface area contributed by atoms with Crippen LogP contribution >= 0.6 is 0 Å². The Morgan fingerprint density at radius 2 is 1.95 bits per heavy atom. The molecule has 5 heteroatoms. The molecular formula is C17H26N2O3. The molecule has 0 radical (unpaired) electrons. The Hall–Kier alpha value is -1.59. The second-order valence-corrected chi connectivity index (χ2v) is 5.67. The Bertz CT molecular complexity index is 465. The van der Waals surface area contributed by atoms with Gasteiger partial charge in [0.1, 0.15) is 5.75 Å². The van der Waals surface area contributed by atoms with Gasteiger partial charge in [-0.05, 0) is 37.9 Å². The number of para-hydroxylation sites is 1. The van der Waals surface area contributed by atoms with Gasteiger partial charge in [-0.25, -0.2) is 0 Å². The van der Waals surface area contributed by atoms with Crippen molar-refractivity contribution in [3.8, 4) is 5.75 Å². The summed E-state index contributed by atoms with van der Waals surface area (Å²) in [4.78, 5) is 14.2. The Balaban J connectivity index is 1.61. The quantitative estimate of drug-likeness (QED) is 0.776. The monoisotopic (exact) mass is 306 g/mol. The van der Waals surface area contributed by atoms with Crippen molar-refractivity contribution in [3.05, 3.63) is 29.3 Å². The first kappa shape index (κ1) is 16.8. The Morgan fingerprint density at radius 1 is 1.27 bits per heavy atom. The minimum atomic E-state index is -0.0652. The number of nitrogens with one attached hydrogen (secondary N) is 1. The van der Waals surface area contributed by atoms with E-state index in [4.69, 9.17) is 9.47 Å². The molecule has 122 valence electrons. The first-order chi connectivity index (χ1) is 10.7. The number of rotatable bonds is 7. The van der Waals surface area contributed by atoms with E-state index in [-0.39, 0.29) is 12.5 Å². The summed E-state index contributed by atoms with van der Waals surface area (Å²) in [5.41, 5.74) is 2.11. The summed E-state index contributed by atoms with van der Waals surface area (Å²) in [6.07, 6.45) is 0.954. The molecule has 1 saturated heterocycles. The zero-order chi connectivity index (χ0) is 15.8. The number of ether oxygens (including phenoxy) is 2. The van der Waals surface area contributed by atoms with E-state index >= 15 is 0 Å². The maximum atomic E-state index is 11.8. The van der Waals surface area contributed by atoms with E-state index in [0.29, 0.717) is 6.54 Å². The van der Waals surface area contributed by atoms with Crippen LogP contribution in [-0.2, 0) is 9.53 Å². The highest BCUT2D eigenvalue weighted by Gasteiger charge is 2.10. The molecule has 1 aromatic rings. The maximum Gasteiger partial charge on any atom is 0.257 e. The average molecular weight is 306 g/mol. The molecule has 1 amide bonds. The second-order valence-electron chi connectivity index (χ2n) is 5.67. The molecule has 22 heavy (non-hydrogen) atoms. The fraction of sp³-hybridized carbons (Fsp3) is 0.588. The van der Waals surface area contributed by atoms with Crippen LogP contribution in [0.25, 0.3) is 0 Å². The van der Waals surface area contributed by atoms with Gasteiger partial charge in [-0.2, -0.15) is 0 Å². The van der Waals surface area contributed by atoms with Gasteiger partial charge in [-0.15, -0.1) is 0 Å². The van der Waals surface area contributed by atoms with E-state index < -0.39 is 0 Å². The van der Waals surface area contributed by atoms with E-state index in [2.05, 4.69) is 10.2 Å². The third-order valence-electron chi connectivity index (χ3n) is 3.83. The summed E-state index contributed by atoms with van der Waals surface area (Å²) in [5.74, 6) is 0.746. The molecule has 0 spiro atoms. The van der Waals surface area contributed by atoms with Crippen LogP contribution in [-0.4, -0.2) is 56.8 Å². The van der Waals surface area contributed by atoms with Gasteiger partial charge < -0.3 is 14.8 Å². The molecule has 1 aliphatic rings. The van der Waals surface area contributed by atoms with Crippen LogP contribution in [0.3, 0.4) is 0 Å². The van der Waals surface area contributed by atoms with Gasteiger partial charge in [0.2, 0.25) is 0 Å². The van der Waals surface area contributed by atoms with Crippen LogP contribution in [0, 0.1) is 13.8 Å². The lowest BCUT2D eigenvalue weighted by molar-refractivity contribution is -0.123. The van der Waals surface area contributed by atoms with Gasteiger partial charge in [0.15, 0.2) is 6.61 Å². The van der Waals surface area contributed by atoms with Crippen LogP contribution in [0.15, 0.2) is 18.2 Å². The first-order valence-electron chi connectivity index (χ1n) is 7.92. The standard InChI is InChI=1S/C17H26N2O3/c1-14-5-3-6-15(2)17(14)22-13-16(20)18-7-4-8-19-9-11-21-12-10-19/h3,5-6H,4,7-13H2,1-2H3,(H,18,20). The molecule has 0 saturated carbocycles. The molecule has 1 heterocycles. The number of carbonyl (C=O) groups excluding carboxylic acids is 1. The molecule has 1 fully saturated rings. The van der Waals surface area contributed by atoms with Crippen molar-refractivity contribution in [1.29, 1.82) is 0 Å². The topological polar surface area (TPSA) is 50.8 Å². The van der Waals surface area contributed by atoms with Crippen molar-refractivity contribution < 1.29 is 14.3 Å². The van der Waals surface area contributed by atoms with Crippen LogP contribution in [0.4, 0.5) is 0 Å². The van der Waals surface area contributed by atoms with Crippen molar-refractivity contribution in [3.63, 3.8) is 0 Å². The van der Waals surface area contributed by atoms with Crippen LogP contribution in [0.5, 0.6) is 5.75 Å². The smallest absolute Gasteiger partial charge is 0.257 e. The molecule has 0 bridgehead atoms. The number of carbonyl (C=O) groups is 1. The van der Waals surface area contributed by atoms with E-state index in [9.17, 15) is 4.79 Å². The van der Waals surface area contributed by atoms with Gasteiger partial charge >= 0.3 is 0 Å². The largest absolute Gasteiger partial charge is 0.483 e. The molecule has 0 unspecified atom stereocenters. The highest BCUT2D eigenvalue weighted by molar-refractivity contribution is 5.77. The number of nitrogens with zero attached hydrogens (tertiary/aromatic N) is 1. The summed E-state index contributed by atoms with van der Waals surface area (Å²) < 4.78 is 10.9. The summed E-state index contributed by atoms with van der Waals surface area (Å²) in [7, 11) is 0. The SMILES string of the molecule is Cc1cccc(C)c1OCC(=O)NCCCN1CCOCC1. The zero-order valence-corrected chi connectivity index (χ0v) is 13.6. The van der Waals surface area contributed by atoms with Gasteiger partial charge in [0.05, 0.1) is 13.2 Å². The normalized spacial score (nSPS) is 15.5. The molecule has 0 aromatic heterocycles. The molecule has 1 aromatic carbocycles. The average Bonchev–Trinajstić information content (AvgIpc) is 2.52. The summed E-state index contributed by atoms with van der Waals surface area (Å²) >= 11 is 0. The minimum absolute atomic E-state index is 0.0652. The van der Waals surface area contributed by atoms with E-state index in [1.807, 2.05) is 32.0 Å². The van der Waals surface area contributed by atoms with E-state index in [1.165, 1.54) is 0 Å². The highest BCUT2D eigenvalue weighted by Crippen LogP contribution is 2.21. The van der Waals surface area contributed by atoms with Crippen molar-refractivity contribution in [2.75, 3.05) is 46.0 Å². The number of hydrogen-bond donors (Lipinski definition) is 1. The van der Waals surface area contributed by atoms with Gasteiger partial charge in [0, 0.05) is 19.6 Å². The van der Waals surface area contributed by atoms with Gasteiger partial charge in [-0.3, -0.25) is 9.69 Å². The molecule has 2 rings (SSSR count). The van der Waals surface area contributed by atoms with Gasteiger partial charge in [-0.1, -0.05) is 18.2 Å². The lowest BCUT2D eigenvalue weighted by Crippen LogP contribution is -2.38. The number of morpholine rings is 1. The van der Waals surface area contributed by atoms with Crippen molar-refractivity contribution in [1.82, 2.24) is 10.2 Å². The lowest BCUT2D eigenvalue weighted by Gasteiger charge is -2.26. The Labute approximate surface area is 132 Å². The fourth-order valence-corrected chi connectivity index (χ4v) is 2.57. The summed E-state index contributed by atoms with van der Waals surface area (Å²) in [6.45, 7) is 9.35. The Kier molecular flexibility index (Phi) is 6.68. The predicted molar refractivity (Wildman–Crippen MR) is 86.3 cm³/mol. The summed E-state index contributed by atoms with van der Waals surface area (Å²) in [5, 5.41) is 2.91. The summed E-state index contributed by atoms with van der Waals surface area (Å²) in [6, 6.07) is 5.97. The third-order valence-corrected chi connectivity index (χ3v) is 3.83. The molecule has 0 aliphatic carbocycles.